The van der Waals surface area contributed by atoms with Gasteiger partial charge in [-0.1, -0.05) is 20.8 Å². The maximum Gasteiger partial charge on any atom is 0.269 e. The molecular formula is C14H21NO4Si. The van der Waals surface area contributed by atoms with Crippen molar-refractivity contribution in [1.29, 1.82) is 0 Å². The van der Waals surface area contributed by atoms with E-state index in [4.69, 9.17) is 4.43 Å². The summed E-state index contributed by atoms with van der Waals surface area (Å²) in [5.74, 6) is -0.148. The standard InChI is InChI=1S/C14H21NO4Si/c1-14(2,3)20(4,5)19-10-13(16)11-6-8-12(9-7-11)15(17)18/h6-9H,10H2,1-5H3. The van der Waals surface area contributed by atoms with E-state index in [9.17, 15) is 14.9 Å². The zero-order valence-corrected chi connectivity index (χ0v) is 13.6. The Kier molecular flexibility index (Phi) is 4.83. The second-order valence-corrected chi connectivity index (χ2v) is 11.1. The highest BCUT2D eigenvalue weighted by molar-refractivity contribution is 6.74. The van der Waals surface area contributed by atoms with Crippen LogP contribution in [0.3, 0.4) is 0 Å². The fraction of sp³-hybridized carbons (Fsp3) is 0.500. The van der Waals surface area contributed by atoms with Crippen molar-refractivity contribution in [2.24, 2.45) is 0 Å². The second-order valence-electron chi connectivity index (χ2n) is 6.28. The Morgan fingerprint density at radius 2 is 1.75 bits per heavy atom. The van der Waals surface area contributed by atoms with Gasteiger partial charge >= 0.3 is 0 Å². The molecule has 1 rings (SSSR count). The number of non-ortho nitro benzene ring substituents is 1. The van der Waals surface area contributed by atoms with Crippen LogP contribution in [0.25, 0.3) is 0 Å². The summed E-state index contributed by atoms with van der Waals surface area (Å²) in [6.07, 6.45) is 0. The minimum atomic E-state index is -1.96. The highest BCUT2D eigenvalue weighted by atomic mass is 28.4. The first-order valence-electron chi connectivity index (χ1n) is 6.46. The van der Waals surface area contributed by atoms with Crippen LogP contribution in [0.5, 0.6) is 0 Å². The van der Waals surface area contributed by atoms with Crippen LogP contribution in [0.2, 0.25) is 18.1 Å². The molecule has 0 amide bonds. The van der Waals surface area contributed by atoms with Crippen molar-refractivity contribution in [1.82, 2.24) is 0 Å². The molecule has 5 nitrogen and oxygen atoms in total. The van der Waals surface area contributed by atoms with Crippen LogP contribution < -0.4 is 0 Å². The van der Waals surface area contributed by atoms with Gasteiger partial charge in [-0.25, -0.2) is 0 Å². The molecule has 0 spiro atoms. The molecule has 0 unspecified atom stereocenters. The maximum atomic E-state index is 12.0. The average Bonchev–Trinajstić information content (AvgIpc) is 2.34. The van der Waals surface area contributed by atoms with Crippen LogP contribution in [0.1, 0.15) is 31.1 Å². The molecule has 0 aliphatic heterocycles. The number of hydrogen-bond acceptors (Lipinski definition) is 4. The topological polar surface area (TPSA) is 69.4 Å². The molecule has 6 heteroatoms. The normalized spacial score (nSPS) is 12.2. The number of nitro groups is 1. The van der Waals surface area contributed by atoms with Gasteiger partial charge in [0.25, 0.3) is 5.69 Å². The molecule has 0 radical (unpaired) electrons. The highest BCUT2D eigenvalue weighted by Gasteiger charge is 2.37. The van der Waals surface area contributed by atoms with Gasteiger partial charge in [0.2, 0.25) is 0 Å². The number of carbonyl (C=O) groups is 1. The lowest BCUT2D eigenvalue weighted by molar-refractivity contribution is -0.384. The summed E-state index contributed by atoms with van der Waals surface area (Å²) in [6, 6.07) is 5.60. The molecule has 20 heavy (non-hydrogen) atoms. The van der Waals surface area contributed by atoms with Gasteiger partial charge in [-0.2, -0.15) is 0 Å². The van der Waals surface area contributed by atoms with Crippen LogP contribution in [-0.2, 0) is 4.43 Å². The Morgan fingerprint density at radius 1 is 1.25 bits per heavy atom. The lowest BCUT2D eigenvalue weighted by Gasteiger charge is -2.35. The van der Waals surface area contributed by atoms with Gasteiger partial charge in [0, 0.05) is 17.7 Å². The van der Waals surface area contributed by atoms with Crippen molar-refractivity contribution in [3.05, 3.63) is 39.9 Å². The van der Waals surface area contributed by atoms with Crippen LogP contribution in [0.15, 0.2) is 24.3 Å². The van der Waals surface area contributed by atoms with Gasteiger partial charge < -0.3 is 4.43 Å². The summed E-state index contributed by atoms with van der Waals surface area (Å²) in [6.45, 7) is 10.5. The molecule has 0 aliphatic carbocycles. The van der Waals surface area contributed by atoms with Crippen molar-refractivity contribution < 1.29 is 14.1 Å². The zero-order valence-electron chi connectivity index (χ0n) is 12.6. The fourth-order valence-electron chi connectivity index (χ4n) is 1.31. The average molecular weight is 295 g/mol. The van der Waals surface area contributed by atoms with Crippen LogP contribution in [-0.4, -0.2) is 25.6 Å². The number of nitrogens with zero attached hydrogens (tertiary/aromatic N) is 1. The molecule has 0 aromatic heterocycles. The number of carbonyl (C=O) groups excluding carboxylic acids is 1. The smallest absolute Gasteiger partial charge is 0.269 e. The Hall–Kier alpha value is -1.53. The third kappa shape index (κ3) is 3.98. The van der Waals surface area contributed by atoms with Gasteiger partial charge in [0.1, 0.15) is 0 Å². The molecule has 1 aromatic rings. The van der Waals surface area contributed by atoms with Crippen molar-refractivity contribution >= 4 is 19.8 Å². The summed E-state index contributed by atoms with van der Waals surface area (Å²) < 4.78 is 5.84. The van der Waals surface area contributed by atoms with Crippen LogP contribution in [0.4, 0.5) is 5.69 Å². The van der Waals surface area contributed by atoms with Gasteiger partial charge in [0.05, 0.1) is 11.5 Å². The minimum absolute atomic E-state index is 0.0214. The highest BCUT2D eigenvalue weighted by Crippen LogP contribution is 2.36. The molecule has 0 atom stereocenters. The number of rotatable bonds is 5. The van der Waals surface area contributed by atoms with E-state index >= 15 is 0 Å². The summed E-state index contributed by atoms with van der Waals surface area (Å²) in [7, 11) is -1.96. The predicted molar refractivity (Wildman–Crippen MR) is 80.6 cm³/mol. The minimum Gasteiger partial charge on any atom is -0.409 e. The largest absolute Gasteiger partial charge is 0.409 e. The number of ketones is 1. The molecule has 110 valence electrons. The Morgan fingerprint density at radius 3 is 2.15 bits per heavy atom. The molecule has 0 saturated heterocycles. The Balaban J connectivity index is 2.71. The van der Waals surface area contributed by atoms with E-state index in [1.54, 1.807) is 0 Å². The van der Waals surface area contributed by atoms with E-state index in [0.717, 1.165) is 0 Å². The van der Waals surface area contributed by atoms with Crippen LogP contribution >= 0.6 is 0 Å². The first-order chi connectivity index (χ1) is 9.04. The molecule has 0 bridgehead atoms. The summed E-state index contributed by atoms with van der Waals surface area (Å²) in [5.41, 5.74) is 0.418. The van der Waals surface area contributed by atoms with E-state index in [-0.39, 0.29) is 23.1 Å². The lowest BCUT2D eigenvalue weighted by atomic mass is 10.1. The van der Waals surface area contributed by atoms with Crippen molar-refractivity contribution in [2.45, 2.75) is 38.9 Å². The number of hydrogen-bond donors (Lipinski definition) is 0. The molecule has 1 aromatic carbocycles. The van der Waals surface area contributed by atoms with Crippen molar-refractivity contribution in [2.75, 3.05) is 6.61 Å². The number of benzene rings is 1. The summed E-state index contributed by atoms with van der Waals surface area (Å²) in [5, 5.41) is 10.6. The maximum absolute atomic E-state index is 12.0. The van der Waals surface area contributed by atoms with Gasteiger partial charge in [-0.15, -0.1) is 0 Å². The predicted octanol–water partition coefficient (Wildman–Crippen LogP) is 3.80. The number of Topliss-reactive ketones (excluding diaryl/α,β-unsaturated/α-hetero) is 1. The van der Waals surface area contributed by atoms with Crippen LogP contribution in [0, 0.1) is 10.1 Å². The fourth-order valence-corrected chi connectivity index (χ4v) is 2.24. The molecule has 0 fully saturated rings. The van der Waals surface area contributed by atoms with Gasteiger partial charge in [-0.3, -0.25) is 14.9 Å². The first-order valence-corrected chi connectivity index (χ1v) is 9.37. The second kappa shape index (κ2) is 5.84. The molecule has 0 heterocycles. The van der Waals surface area contributed by atoms with E-state index < -0.39 is 13.2 Å². The summed E-state index contributed by atoms with van der Waals surface area (Å²) >= 11 is 0. The SMILES string of the molecule is CC(C)(C)[Si](C)(C)OCC(=O)c1ccc([N+](=O)[O-])cc1. The van der Waals surface area contributed by atoms with E-state index in [2.05, 4.69) is 33.9 Å². The van der Waals surface area contributed by atoms with E-state index in [1.807, 2.05) is 0 Å². The molecule has 0 N–H and O–H groups in total. The Labute approximate surface area is 120 Å². The van der Waals surface area contributed by atoms with E-state index in [1.165, 1.54) is 24.3 Å². The quantitative estimate of drug-likeness (QED) is 0.358. The van der Waals surface area contributed by atoms with Gasteiger partial charge in [-0.05, 0) is 30.3 Å². The molecule has 0 aliphatic rings. The third-order valence-electron chi connectivity index (χ3n) is 3.77. The van der Waals surface area contributed by atoms with E-state index in [0.29, 0.717) is 5.56 Å². The molecule has 0 saturated carbocycles. The molecular weight excluding hydrogens is 274 g/mol. The first kappa shape index (κ1) is 16.5. The zero-order chi connectivity index (χ0) is 15.6. The third-order valence-corrected chi connectivity index (χ3v) is 8.25. The summed E-state index contributed by atoms with van der Waals surface area (Å²) in [4.78, 5) is 22.1. The van der Waals surface area contributed by atoms with Crippen molar-refractivity contribution in [3.8, 4) is 0 Å². The number of nitro benzene ring substituents is 1. The van der Waals surface area contributed by atoms with Crippen molar-refractivity contribution in [3.63, 3.8) is 0 Å². The lowest BCUT2D eigenvalue weighted by Crippen LogP contribution is -2.42. The Bertz CT molecular complexity index is 503. The monoisotopic (exact) mass is 295 g/mol. The van der Waals surface area contributed by atoms with Gasteiger partial charge in [0.15, 0.2) is 14.1 Å².